The van der Waals surface area contributed by atoms with Gasteiger partial charge in [-0.25, -0.2) is 0 Å². The monoisotopic (exact) mass is 586 g/mol. The first kappa shape index (κ1) is 30.0. The molecule has 0 radical (unpaired) electrons. The number of esters is 4. The summed E-state index contributed by atoms with van der Waals surface area (Å²) in [4.78, 5) is 66.0. The van der Waals surface area contributed by atoms with Gasteiger partial charge >= 0.3 is 23.9 Å². The molecule has 3 heterocycles. The number of hydrogen-bond donors (Lipinski definition) is 0. The van der Waals surface area contributed by atoms with Gasteiger partial charge in [-0.1, -0.05) is 27.4 Å². The van der Waals surface area contributed by atoms with E-state index >= 15 is 0 Å². The average molecular weight is 587 g/mol. The zero-order valence-electron chi connectivity index (χ0n) is 25.0. The Hall–Kier alpha value is -3.47. The van der Waals surface area contributed by atoms with Crippen molar-refractivity contribution in [3.63, 3.8) is 0 Å². The summed E-state index contributed by atoms with van der Waals surface area (Å²) in [5.41, 5.74) is -3.86. The van der Waals surface area contributed by atoms with Crippen molar-refractivity contribution in [3.8, 4) is 0 Å². The lowest BCUT2D eigenvalue weighted by Crippen LogP contribution is -2.71. The van der Waals surface area contributed by atoms with Gasteiger partial charge in [0.05, 0.1) is 37.9 Å². The molecular formula is C31H38O11. The first-order valence-electron chi connectivity index (χ1n) is 14.1. The highest BCUT2D eigenvalue weighted by atomic mass is 16.6. The lowest BCUT2D eigenvalue weighted by molar-refractivity contribution is -0.289. The number of methoxy groups -OCH3 is 1. The Labute approximate surface area is 244 Å². The molecule has 11 heteroatoms. The number of Topliss-reactive ketones (excluding diaryl/α,β-unsaturated/α-hetero) is 1. The number of fused-ring (bicyclic) bond motifs is 2. The van der Waals surface area contributed by atoms with E-state index in [1.165, 1.54) is 33.5 Å². The molecule has 1 aromatic heterocycles. The number of furan rings is 1. The Morgan fingerprint density at radius 2 is 1.74 bits per heavy atom. The lowest BCUT2D eigenvalue weighted by atomic mass is 9.49. The van der Waals surface area contributed by atoms with Crippen LogP contribution in [0.4, 0.5) is 0 Å². The third-order valence-electron chi connectivity index (χ3n) is 10.5. The molecule has 1 spiro atoms. The molecule has 42 heavy (non-hydrogen) atoms. The minimum Gasteiger partial charge on any atom is -0.472 e. The molecule has 9 atom stereocenters. The van der Waals surface area contributed by atoms with Crippen molar-refractivity contribution in [1.29, 1.82) is 0 Å². The Morgan fingerprint density at radius 3 is 2.31 bits per heavy atom. The minimum atomic E-state index is -1.45. The molecule has 0 N–H and O–H groups in total. The van der Waals surface area contributed by atoms with E-state index < -0.39 is 82.0 Å². The fraction of sp³-hybridized carbons (Fsp3) is 0.645. The Balaban J connectivity index is 1.76. The zero-order chi connectivity index (χ0) is 31.0. The van der Waals surface area contributed by atoms with E-state index in [2.05, 4.69) is 6.58 Å². The number of carbonyl (C=O) groups excluding carboxylic acids is 5. The predicted octanol–water partition coefficient (Wildman–Crippen LogP) is 3.65. The molecule has 4 fully saturated rings. The van der Waals surface area contributed by atoms with Crippen molar-refractivity contribution >= 4 is 29.7 Å². The summed E-state index contributed by atoms with van der Waals surface area (Å²) < 4.78 is 35.0. The Bertz CT molecular complexity index is 1340. The maximum absolute atomic E-state index is 15.0. The standard InChI is InChI=1S/C31H38O11/c1-15-19-12-29(6)25(18-9-10-38-14-18)41-22(35)13-31(15,29)42-27-23(39-16(2)32)26(40-17(3)33)28(4,5)20(11-21(34)37-8)30(27,7)24(19)36/h9-10,14,19-20,23,25-27H,1,11-13H2,2-8H3. The number of hydrogen-bond acceptors (Lipinski definition) is 11. The maximum atomic E-state index is 15.0. The highest BCUT2D eigenvalue weighted by molar-refractivity contribution is 5.93. The number of rotatable bonds is 5. The van der Waals surface area contributed by atoms with Gasteiger partial charge in [0.15, 0.2) is 6.10 Å². The molecule has 11 nitrogen and oxygen atoms in total. The van der Waals surface area contributed by atoms with Crippen LogP contribution in [0.1, 0.15) is 72.5 Å². The van der Waals surface area contributed by atoms with Crippen LogP contribution in [0.5, 0.6) is 0 Å². The maximum Gasteiger partial charge on any atom is 0.309 e. The summed E-state index contributed by atoms with van der Waals surface area (Å²) in [5, 5.41) is 0. The molecule has 2 bridgehead atoms. The fourth-order valence-corrected chi connectivity index (χ4v) is 8.49. The van der Waals surface area contributed by atoms with E-state index in [1.807, 2.05) is 6.92 Å². The van der Waals surface area contributed by atoms with Crippen LogP contribution < -0.4 is 0 Å². The second-order valence-electron chi connectivity index (χ2n) is 13.1. The van der Waals surface area contributed by atoms with Gasteiger partial charge in [0.2, 0.25) is 0 Å². The summed E-state index contributed by atoms with van der Waals surface area (Å²) >= 11 is 0. The van der Waals surface area contributed by atoms with Gasteiger partial charge in [-0.05, 0) is 30.9 Å². The highest BCUT2D eigenvalue weighted by Crippen LogP contribution is 2.70. The van der Waals surface area contributed by atoms with Gasteiger partial charge in [0, 0.05) is 36.2 Å². The van der Waals surface area contributed by atoms with Gasteiger partial charge in [0.25, 0.3) is 0 Å². The molecule has 2 aliphatic heterocycles. The van der Waals surface area contributed by atoms with Crippen LogP contribution in [0.3, 0.4) is 0 Å². The van der Waals surface area contributed by atoms with E-state index in [0.29, 0.717) is 11.1 Å². The van der Waals surface area contributed by atoms with Crippen LogP contribution in [-0.4, -0.2) is 60.7 Å². The van der Waals surface area contributed by atoms with Crippen molar-refractivity contribution in [2.75, 3.05) is 7.11 Å². The van der Waals surface area contributed by atoms with Crippen LogP contribution in [0.25, 0.3) is 0 Å². The molecule has 2 saturated heterocycles. The summed E-state index contributed by atoms with van der Waals surface area (Å²) in [6.45, 7) is 13.9. The smallest absolute Gasteiger partial charge is 0.309 e. The summed E-state index contributed by atoms with van der Waals surface area (Å²) in [7, 11) is 1.26. The van der Waals surface area contributed by atoms with Crippen molar-refractivity contribution in [3.05, 3.63) is 36.3 Å². The molecule has 2 saturated carbocycles. The summed E-state index contributed by atoms with van der Waals surface area (Å²) in [6.07, 6.45) is -1.61. The first-order chi connectivity index (χ1) is 19.5. The average Bonchev–Trinajstić information content (AvgIpc) is 3.50. The number of ether oxygens (including phenoxy) is 5. The molecule has 2 aliphatic carbocycles. The second-order valence-corrected chi connectivity index (χ2v) is 13.1. The van der Waals surface area contributed by atoms with Crippen molar-refractivity contribution in [1.82, 2.24) is 0 Å². The number of ketones is 1. The molecule has 5 rings (SSSR count). The number of cyclic esters (lactones) is 1. The normalized spacial score (nSPS) is 40.2. The SMILES string of the molecule is C=C1C2CC3(C)C(c4ccoc4)OC(=O)CC13OC1C(OC(C)=O)C(OC(C)=O)C(C)(C)C(CC(=O)OC)C1(C)C2=O. The Morgan fingerprint density at radius 1 is 1.07 bits per heavy atom. The molecular weight excluding hydrogens is 548 g/mol. The molecule has 0 aromatic carbocycles. The van der Waals surface area contributed by atoms with Crippen molar-refractivity contribution in [2.24, 2.45) is 28.1 Å². The highest BCUT2D eigenvalue weighted by Gasteiger charge is 2.77. The van der Waals surface area contributed by atoms with E-state index in [1.54, 1.807) is 26.8 Å². The summed E-state index contributed by atoms with van der Waals surface area (Å²) in [6, 6.07) is 1.70. The lowest BCUT2D eigenvalue weighted by Gasteiger charge is -2.61. The third-order valence-corrected chi connectivity index (χ3v) is 10.5. The first-order valence-corrected chi connectivity index (χ1v) is 14.1. The fourth-order valence-electron chi connectivity index (χ4n) is 8.49. The van der Waals surface area contributed by atoms with Crippen LogP contribution in [0.15, 0.2) is 35.2 Å². The molecule has 0 amide bonds. The van der Waals surface area contributed by atoms with E-state index in [9.17, 15) is 24.0 Å². The van der Waals surface area contributed by atoms with Gasteiger partial charge in [-0.2, -0.15) is 0 Å². The van der Waals surface area contributed by atoms with E-state index in [4.69, 9.17) is 28.1 Å². The van der Waals surface area contributed by atoms with Crippen LogP contribution >= 0.6 is 0 Å². The van der Waals surface area contributed by atoms with Crippen LogP contribution in [0, 0.1) is 28.1 Å². The number of carbonyl (C=O) groups is 5. The zero-order valence-corrected chi connectivity index (χ0v) is 25.0. The second kappa shape index (κ2) is 9.79. The molecule has 9 unspecified atom stereocenters. The van der Waals surface area contributed by atoms with Crippen LogP contribution in [-0.2, 0) is 47.7 Å². The van der Waals surface area contributed by atoms with Crippen LogP contribution in [0.2, 0.25) is 0 Å². The predicted molar refractivity (Wildman–Crippen MR) is 143 cm³/mol. The quantitative estimate of drug-likeness (QED) is 0.283. The van der Waals surface area contributed by atoms with Gasteiger partial charge in [0.1, 0.15) is 29.7 Å². The summed E-state index contributed by atoms with van der Waals surface area (Å²) in [5.74, 6) is -4.24. The molecule has 4 aliphatic rings. The van der Waals surface area contributed by atoms with Crippen molar-refractivity contribution < 1.29 is 52.1 Å². The Kier molecular flexibility index (Phi) is 6.99. The largest absolute Gasteiger partial charge is 0.472 e. The topological polar surface area (TPSA) is 145 Å². The van der Waals surface area contributed by atoms with Gasteiger partial charge < -0.3 is 28.1 Å². The van der Waals surface area contributed by atoms with Gasteiger partial charge in [-0.3, -0.25) is 24.0 Å². The minimum absolute atomic E-state index is 0.195. The molecule has 1 aromatic rings. The van der Waals surface area contributed by atoms with Crippen molar-refractivity contribution in [2.45, 2.75) is 90.8 Å². The van der Waals surface area contributed by atoms with E-state index in [-0.39, 0.29) is 25.0 Å². The van der Waals surface area contributed by atoms with Gasteiger partial charge in [-0.15, -0.1) is 0 Å². The molecule has 228 valence electrons. The van der Waals surface area contributed by atoms with E-state index in [0.717, 1.165) is 0 Å². The third kappa shape index (κ3) is 3.99.